The summed E-state index contributed by atoms with van der Waals surface area (Å²) in [6.45, 7) is 28.9. The average molecular weight is 1510 g/mol. The number of nitrogens with one attached hydrogen (secondary N) is 1. The second-order valence-electron chi connectivity index (χ2n) is 27.0. The van der Waals surface area contributed by atoms with Crippen molar-refractivity contribution in [2.75, 3.05) is 36.5 Å². The molecule has 12 heteroatoms. The number of para-hydroxylation sites is 5. The number of halogens is 3. The van der Waals surface area contributed by atoms with Crippen molar-refractivity contribution in [1.29, 1.82) is 0 Å². The van der Waals surface area contributed by atoms with E-state index in [1.807, 2.05) is 38.2 Å². The standard InChI is InChI=1S/C40H46N2O2.C27H26N2.C19H28NO2.3BrH/c1-6-44-38(43)28-14-9-19-29-41-34-24-17-15-22-32(34)39(2,3)36(41)26-12-8-13-27-37-40(4,5)33-23-16-18-25-35(33)42(37)30-31-20-10-7-11-21-31;1-27(2)24-17-9-10-18-25(24)29(21-22-13-5-3-6-14-22)26(27)19-11-12-20-28-23-15-7-4-8-16-23;1-5-22-18(21)13-7-6-10-14-20-15(2)19(3,4)16-11-8-9-12-17(16)20;;;/h7-8,10-13,15-18,20-26H,6,9,14,19,28-30H2,1-5H3;3-20H,21H2,1-2H3;8-9,11-12H,5-7,10,13-14H2,1-4H3;3*1H/q+2;;+1;;;/p-2. The van der Waals surface area contributed by atoms with Crippen LogP contribution in [0, 0.1) is 6.08 Å². The van der Waals surface area contributed by atoms with Gasteiger partial charge in [0.05, 0.1) is 30.1 Å². The molecule has 0 radical (unpaired) electrons. The normalized spacial score (nSPS) is 15.9. The highest BCUT2D eigenvalue weighted by molar-refractivity contribution is 6.03. The lowest BCUT2D eigenvalue weighted by Crippen LogP contribution is -3.00. The molecule has 0 atom stereocenters. The monoisotopic (exact) mass is 1500 g/mol. The molecule has 0 bridgehead atoms. The van der Waals surface area contributed by atoms with Crippen molar-refractivity contribution in [3.05, 3.63) is 282 Å². The third kappa shape index (κ3) is 19.3. The lowest BCUT2D eigenvalue weighted by Gasteiger charge is -2.26. The second-order valence-corrected chi connectivity index (χ2v) is 27.0. The van der Waals surface area contributed by atoms with Gasteiger partial charge in [0.2, 0.25) is 17.1 Å². The van der Waals surface area contributed by atoms with Crippen LogP contribution in [0.15, 0.2) is 242 Å². The summed E-state index contributed by atoms with van der Waals surface area (Å²) < 4.78 is 17.3. The summed E-state index contributed by atoms with van der Waals surface area (Å²) in [5.41, 5.74) is 19.4. The summed E-state index contributed by atoms with van der Waals surface area (Å²) in [4.78, 5) is 25.5. The van der Waals surface area contributed by atoms with E-state index in [0.717, 1.165) is 70.4 Å². The molecule has 0 saturated carbocycles. The molecule has 0 spiro atoms. The topological polar surface area (TPSA) is 76.9 Å². The quantitative estimate of drug-likeness (QED) is 0.0202. The number of hydrogen-bond donors (Lipinski definition) is 1. The Labute approximate surface area is 617 Å². The predicted octanol–water partition coefficient (Wildman–Crippen LogP) is 10.6. The largest absolute Gasteiger partial charge is 1.00 e. The number of nitrogens with zero attached hydrogens (tertiary/aromatic N) is 4. The first-order valence-electron chi connectivity index (χ1n) is 34.5. The Kier molecular flexibility index (Phi) is 30.2. The fourth-order valence-corrected chi connectivity index (χ4v) is 13.8. The zero-order valence-corrected chi connectivity index (χ0v) is 64.2. The van der Waals surface area contributed by atoms with E-state index in [2.05, 4.69) is 305 Å². The maximum absolute atomic E-state index is 11.8. The Morgan fingerprint density at radius 2 is 0.949 bits per heavy atom. The van der Waals surface area contributed by atoms with Gasteiger partial charge < -0.3 is 70.6 Å². The van der Waals surface area contributed by atoms with Gasteiger partial charge in [0.1, 0.15) is 12.0 Å². The Morgan fingerprint density at radius 3 is 1.52 bits per heavy atom. The van der Waals surface area contributed by atoms with Gasteiger partial charge in [0, 0.05) is 120 Å². The molecule has 0 aromatic heterocycles. The number of rotatable bonds is 25. The third-order valence-electron chi connectivity index (χ3n) is 19.2. The molecule has 4 aliphatic heterocycles. The van der Waals surface area contributed by atoms with Gasteiger partial charge in [-0.15, -0.1) is 0 Å². The molecule has 0 fully saturated rings. The molecule has 514 valence electrons. The second kappa shape index (κ2) is 37.4. The molecule has 0 amide bonds. The molecule has 4 aliphatic rings. The Morgan fingerprint density at radius 1 is 0.480 bits per heavy atom. The smallest absolute Gasteiger partial charge is 0.335 e. The highest BCUT2D eigenvalue weighted by Crippen LogP contribution is 2.48. The number of benzene rings is 7. The van der Waals surface area contributed by atoms with Crippen molar-refractivity contribution in [3.8, 4) is 0 Å². The Hall–Kier alpha value is -7.86. The van der Waals surface area contributed by atoms with E-state index in [4.69, 9.17) is 9.47 Å². The van der Waals surface area contributed by atoms with Crippen molar-refractivity contribution < 1.29 is 83.7 Å². The highest BCUT2D eigenvalue weighted by Gasteiger charge is 2.49. The van der Waals surface area contributed by atoms with Crippen LogP contribution >= 0.6 is 0 Å². The number of fused-ring (bicyclic) bond motifs is 4. The maximum Gasteiger partial charge on any atom is 0.335 e. The van der Waals surface area contributed by atoms with Gasteiger partial charge in [0.15, 0.2) is 36.7 Å². The van der Waals surface area contributed by atoms with Gasteiger partial charge in [-0.3, -0.25) is 9.59 Å². The minimum atomic E-state index is -0.145. The molecule has 0 unspecified atom stereocenters. The number of esters is 2. The Bertz CT molecular complexity index is 4030. The van der Waals surface area contributed by atoms with E-state index in [1.54, 1.807) is 0 Å². The van der Waals surface area contributed by atoms with Gasteiger partial charge in [-0.1, -0.05) is 178 Å². The van der Waals surface area contributed by atoms with E-state index in [-0.39, 0.29) is 84.5 Å². The molecule has 4 heterocycles. The summed E-state index contributed by atoms with van der Waals surface area (Å²) in [7, 11) is 0. The number of carbonyl (C=O) groups is 2. The van der Waals surface area contributed by atoms with Gasteiger partial charge in [0.25, 0.3) is 0 Å². The van der Waals surface area contributed by atoms with Crippen molar-refractivity contribution in [3.63, 3.8) is 0 Å². The average Bonchev–Trinajstić information content (AvgIpc) is 1.63. The van der Waals surface area contributed by atoms with E-state index < -0.39 is 0 Å². The fraction of sp³-hybridized carbons (Fsp3) is 0.337. The first kappa shape index (κ1) is 79.1. The summed E-state index contributed by atoms with van der Waals surface area (Å²) in [5, 5.41) is 3.30. The van der Waals surface area contributed by atoms with E-state index in [0.29, 0.717) is 26.1 Å². The van der Waals surface area contributed by atoms with Crippen LogP contribution in [0.1, 0.15) is 161 Å². The van der Waals surface area contributed by atoms with Crippen LogP contribution in [0.25, 0.3) is 0 Å². The third-order valence-corrected chi connectivity index (χ3v) is 19.2. The van der Waals surface area contributed by atoms with Crippen LogP contribution in [0.4, 0.5) is 28.4 Å². The minimum absolute atomic E-state index is 0. The Balaban J connectivity index is 0.000000244. The molecular weight excluding hydrogens is 1410 g/mol. The first-order valence-corrected chi connectivity index (χ1v) is 34.5. The van der Waals surface area contributed by atoms with Crippen molar-refractivity contribution in [2.24, 2.45) is 0 Å². The zero-order chi connectivity index (χ0) is 67.4. The van der Waals surface area contributed by atoms with E-state index in [1.165, 1.54) is 79.0 Å². The number of carbonyl (C=O) groups excluding carboxylic acids is 2. The molecule has 7 aromatic carbocycles. The van der Waals surface area contributed by atoms with Crippen LogP contribution < -0.4 is 61.2 Å². The molecular formula is C86H101Br3N5O4+. The van der Waals surface area contributed by atoms with Gasteiger partial charge in [-0.05, 0) is 117 Å². The van der Waals surface area contributed by atoms with Gasteiger partial charge in [-0.2, -0.15) is 13.7 Å². The number of ether oxygens (including phenoxy) is 2. The zero-order valence-electron chi connectivity index (χ0n) is 59.5. The van der Waals surface area contributed by atoms with Gasteiger partial charge >= 0.3 is 17.7 Å². The highest BCUT2D eigenvalue weighted by atomic mass is 79.9. The van der Waals surface area contributed by atoms with Crippen LogP contribution in [-0.4, -0.2) is 69.1 Å². The van der Waals surface area contributed by atoms with E-state index >= 15 is 0 Å². The number of unbranched alkanes of at least 4 members (excludes halogenated alkanes) is 4. The van der Waals surface area contributed by atoms with Crippen LogP contribution in [-0.2, 0) is 53.8 Å². The number of anilines is 2. The SMILES string of the molecule is CC1(C)C(/C=C/C=C/Nc2ccccc2)=[N+](Cc2ccccc2)c2ccccc21.CCOC(=O)CCCCCN1/C(=C/C=C/C=[C+]C2=[N+](Cc3ccccc3)c3ccccc3C2(C)C)C(C)(C)c2ccccc21.CCOC(=O)CCCCC[N+]1=C(C)C(C)(C)c2ccccc21.[Br-].[Br-].[Br-]. The lowest BCUT2D eigenvalue weighted by atomic mass is 9.81. The first-order chi connectivity index (χ1) is 45.9. The molecule has 1 N–H and O–H groups in total. The predicted molar refractivity (Wildman–Crippen MR) is 394 cm³/mol. The summed E-state index contributed by atoms with van der Waals surface area (Å²) in [6, 6.07) is 66.4. The van der Waals surface area contributed by atoms with Crippen LogP contribution in [0.2, 0.25) is 0 Å². The summed E-state index contributed by atoms with van der Waals surface area (Å²) >= 11 is 0. The van der Waals surface area contributed by atoms with Crippen molar-refractivity contribution >= 4 is 57.5 Å². The maximum atomic E-state index is 11.8. The van der Waals surface area contributed by atoms with Crippen molar-refractivity contribution in [2.45, 2.75) is 162 Å². The van der Waals surface area contributed by atoms with E-state index in [9.17, 15) is 9.59 Å². The lowest BCUT2D eigenvalue weighted by molar-refractivity contribution is -0.455. The molecule has 98 heavy (non-hydrogen) atoms. The molecule has 9 nitrogen and oxygen atoms in total. The van der Waals surface area contributed by atoms with Gasteiger partial charge in [-0.25, -0.2) is 0 Å². The molecule has 0 saturated heterocycles. The molecule has 0 aliphatic carbocycles. The minimum Gasteiger partial charge on any atom is -1.00 e. The van der Waals surface area contributed by atoms with Crippen LogP contribution in [0.3, 0.4) is 0 Å². The van der Waals surface area contributed by atoms with Crippen LogP contribution in [0.5, 0.6) is 0 Å². The fourth-order valence-electron chi connectivity index (χ4n) is 13.8. The summed E-state index contributed by atoms with van der Waals surface area (Å²) in [6.07, 6.45) is 27.6. The molecule has 7 aromatic rings. The molecule has 11 rings (SSSR count). The summed E-state index contributed by atoms with van der Waals surface area (Å²) in [5.74, 6) is -0.167. The number of hydrogen-bond acceptors (Lipinski definition) is 6. The number of allylic oxidation sites excluding steroid dienone is 9. The van der Waals surface area contributed by atoms with Crippen molar-refractivity contribution in [1.82, 2.24) is 0 Å².